The fraction of sp³-hybridized carbons (Fsp3) is 1.00. The molecule has 0 rings (SSSR count). The van der Waals surface area contributed by atoms with Gasteiger partial charge in [-0.1, -0.05) is 13.8 Å². The second kappa shape index (κ2) is 8.86. The Hall–Kier alpha value is -0.240. The third kappa shape index (κ3) is 7.10. The van der Waals surface area contributed by atoms with Crippen LogP contribution in [0.25, 0.3) is 0 Å². The summed E-state index contributed by atoms with van der Waals surface area (Å²) in [6.07, 6.45) is 1.19. The molecule has 0 unspecified atom stereocenters. The lowest BCUT2D eigenvalue weighted by molar-refractivity contribution is 0.118. The zero-order chi connectivity index (χ0) is 13.2. The van der Waals surface area contributed by atoms with Crippen LogP contribution in [-0.2, 0) is 0 Å². The Kier molecular flexibility index (Phi) is 10.0. The van der Waals surface area contributed by atoms with Gasteiger partial charge in [-0.25, -0.2) is 0 Å². The fourth-order valence-corrected chi connectivity index (χ4v) is 0.547. The fourth-order valence-electron chi connectivity index (χ4n) is 0.547. The minimum absolute atomic E-state index is 0.153. The van der Waals surface area contributed by atoms with Crippen molar-refractivity contribution in [3.63, 3.8) is 0 Å². The van der Waals surface area contributed by atoms with E-state index in [2.05, 4.69) is 0 Å². The maximum absolute atomic E-state index is 8.50. The smallest absolute Gasteiger partial charge is 0.0633 e. The maximum Gasteiger partial charge on any atom is 0.0633 e. The van der Waals surface area contributed by atoms with Gasteiger partial charge in [0.1, 0.15) is 0 Å². The molecule has 0 heterocycles. The Morgan fingerprint density at radius 2 is 0.875 bits per heavy atom. The van der Waals surface area contributed by atoms with Gasteiger partial charge < -0.3 is 31.9 Å². The first-order valence-corrected chi connectivity index (χ1v) is 5.38. The summed E-state index contributed by atoms with van der Waals surface area (Å²) in [6.45, 7) is 3.04. The number of hydrogen-bond donors (Lipinski definition) is 6. The van der Waals surface area contributed by atoms with Crippen molar-refractivity contribution in [1.82, 2.24) is 0 Å². The Morgan fingerprint density at radius 3 is 0.875 bits per heavy atom. The summed E-state index contributed by atoms with van der Waals surface area (Å²) in [5, 5.41) is 34.0. The van der Waals surface area contributed by atoms with Crippen LogP contribution in [0.1, 0.15) is 26.7 Å². The Labute approximate surface area is 96.9 Å². The number of aliphatic hydroxyl groups excluding tert-OH is 4. The molecule has 0 saturated carbocycles. The van der Waals surface area contributed by atoms with E-state index in [1.54, 1.807) is 0 Å². The van der Waals surface area contributed by atoms with Crippen LogP contribution in [0.15, 0.2) is 0 Å². The van der Waals surface area contributed by atoms with Gasteiger partial charge in [0, 0.05) is 0 Å². The van der Waals surface area contributed by atoms with Crippen LogP contribution in [0, 0.1) is 0 Å². The molecule has 0 aliphatic carbocycles. The van der Waals surface area contributed by atoms with E-state index in [0.29, 0.717) is 12.8 Å². The molecule has 0 aromatic rings. The Balaban J connectivity index is 0. The van der Waals surface area contributed by atoms with Crippen LogP contribution in [0.5, 0.6) is 0 Å². The molecule has 0 saturated heterocycles. The molecular formula is C10H26N2O4. The summed E-state index contributed by atoms with van der Waals surface area (Å²) in [6, 6.07) is 0. The summed E-state index contributed by atoms with van der Waals surface area (Å²) >= 11 is 0. The third-order valence-corrected chi connectivity index (χ3v) is 2.67. The van der Waals surface area contributed by atoms with Crippen molar-refractivity contribution < 1.29 is 20.4 Å². The largest absolute Gasteiger partial charge is 0.394 e. The minimum Gasteiger partial charge on any atom is -0.394 e. The van der Waals surface area contributed by atoms with Crippen molar-refractivity contribution in [2.45, 2.75) is 37.8 Å². The van der Waals surface area contributed by atoms with Crippen LogP contribution >= 0.6 is 0 Å². The molecule has 0 radical (unpaired) electrons. The predicted octanol–water partition coefficient (Wildman–Crippen LogP) is -1.84. The quantitative estimate of drug-likeness (QED) is 0.322. The maximum atomic E-state index is 8.50. The molecule has 100 valence electrons. The van der Waals surface area contributed by atoms with Crippen molar-refractivity contribution >= 4 is 0 Å². The van der Waals surface area contributed by atoms with Crippen molar-refractivity contribution in [3.8, 4) is 0 Å². The molecule has 0 aliphatic rings. The highest BCUT2D eigenvalue weighted by Gasteiger charge is 2.19. The molecule has 16 heavy (non-hydrogen) atoms. The molecule has 0 spiro atoms. The first-order valence-electron chi connectivity index (χ1n) is 5.38. The monoisotopic (exact) mass is 238 g/mol. The number of rotatable bonds is 6. The molecule has 0 aliphatic heterocycles. The van der Waals surface area contributed by atoms with Crippen LogP contribution in [0.4, 0.5) is 0 Å². The summed E-state index contributed by atoms with van der Waals surface area (Å²) in [4.78, 5) is 0. The third-order valence-electron chi connectivity index (χ3n) is 2.67. The van der Waals surface area contributed by atoms with Gasteiger partial charge in [-0.15, -0.1) is 0 Å². The molecule has 6 heteroatoms. The van der Waals surface area contributed by atoms with E-state index >= 15 is 0 Å². The van der Waals surface area contributed by atoms with Crippen molar-refractivity contribution in [1.29, 1.82) is 0 Å². The first kappa shape index (κ1) is 18.1. The van der Waals surface area contributed by atoms with E-state index in [4.69, 9.17) is 31.9 Å². The first-order chi connectivity index (χ1) is 7.36. The number of nitrogens with two attached hydrogens (primary N) is 2. The molecule has 0 amide bonds. The lowest BCUT2D eigenvalue weighted by Crippen LogP contribution is -2.46. The van der Waals surface area contributed by atoms with E-state index in [0.717, 1.165) is 0 Å². The van der Waals surface area contributed by atoms with Gasteiger partial charge in [0.05, 0.1) is 37.5 Å². The van der Waals surface area contributed by atoms with Gasteiger partial charge in [0.2, 0.25) is 0 Å². The van der Waals surface area contributed by atoms with E-state index in [-0.39, 0.29) is 26.4 Å². The standard InChI is InChI=1S/2C5H13NO2/c2*1-2-5(6,3-7)4-8/h2*7-8H,2-4,6H2,1H3. The second-order valence-corrected chi connectivity index (χ2v) is 4.06. The topological polar surface area (TPSA) is 133 Å². The zero-order valence-corrected chi connectivity index (χ0v) is 10.2. The van der Waals surface area contributed by atoms with Gasteiger partial charge in [-0.3, -0.25) is 0 Å². The molecule has 0 atom stereocenters. The lowest BCUT2D eigenvalue weighted by Gasteiger charge is -2.21. The Morgan fingerprint density at radius 1 is 0.688 bits per heavy atom. The average molecular weight is 238 g/mol. The SMILES string of the molecule is CCC(N)(CO)CO.CCC(N)(CO)CO. The molecular weight excluding hydrogens is 212 g/mol. The van der Waals surface area contributed by atoms with Gasteiger partial charge in [-0.05, 0) is 12.8 Å². The van der Waals surface area contributed by atoms with Gasteiger partial charge in [0.15, 0.2) is 0 Å². The van der Waals surface area contributed by atoms with Crippen molar-refractivity contribution in [2.75, 3.05) is 26.4 Å². The van der Waals surface area contributed by atoms with Crippen LogP contribution in [-0.4, -0.2) is 57.9 Å². The van der Waals surface area contributed by atoms with Crippen molar-refractivity contribution in [2.24, 2.45) is 11.5 Å². The highest BCUT2D eigenvalue weighted by molar-refractivity contribution is 4.80. The predicted molar refractivity (Wildman–Crippen MR) is 62.8 cm³/mol. The second-order valence-electron chi connectivity index (χ2n) is 4.06. The summed E-state index contributed by atoms with van der Waals surface area (Å²) in [7, 11) is 0. The van der Waals surface area contributed by atoms with Gasteiger partial charge >= 0.3 is 0 Å². The lowest BCUT2D eigenvalue weighted by atomic mass is 10.0. The van der Waals surface area contributed by atoms with E-state index in [1.165, 1.54) is 0 Å². The van der Waals surface area contributed by atoms with Crippen LogP contribution in [0.3, 0.4) is 0 Å². The van der Waals surface area contributed by atoms with E-state index in [1.807, 2.05) is 13.8 Å². The van der Waals surface area contributed by atoms with Gasteiger partial charge in [0.25, 0.3) is 0 Å². The summed E-state index contributed by atoms with van der Waals surface area (Å²) in [5.41, 5.74) is 9.26. The highest BCUT2D eigenvalue weighted by Crippen LogP contribution is 2.02. The van der Waals surface area contributed by atoms with Crippen LogP contribution in [0.2, 0.25) is 0 Å². The average Bonchev–Trinajstić information content (AvgIpc) is 2.37. The molecule has 0 bridgehead atoms. The summed E-state index contributed by atoms with van der Waals surface area (Å²) < 4.78 is 0. The zero-order valence-electron chi connectivity index (χ0n) is 10.2. The van der Waals surface area contributed by atoms with Gasteiger partial charge in [-0.2, -0.15) is 0 Å². The van der Waals surface area contributed by atoms with E-state index < -0.39 is 11.1 Å². The van der Waals surface area contributed by atoms with Crippen LogP contribution < -0.4 is 11.5 Å². The summed E-state index contributed by atoms with van der Waals surface area (Å²) in [5.74, 6) is 0. The normalized spacial score (nSPS) is 12.0. The van der Waals surface area contributed by atoms with E-state index in [9.17, 15) is 0 Å². The number of aliphatic hydroxyl groups is 4. The molecule has 0 aromatic carbocycles. The minimum atomic E-state index is -0.764. The molecule has 8 N–H and O–H groups in total. The van der Waals surface area contributed by atoms with Crippen molar-refractivity contribution in [3.05, 3.63) is 0 Å². The molecule has 0 fully saturated rings. The molecule has 6 nitrogen and oxygen atoms in total. The highest BCUT2D eigenvalue weighted by atomic mass is 16.3. The Bertz CT molecular complexity index is 124. The molecule has 0 aromatic heterocycles. The number of hydrogen-bond acceptors (Lipinski definition) is 6.